The molecular formula is C11H11ClN4OS. The highest BCUT2D eigenvalue weighted by Gasteiger charge is 2.31. The van der Waals surface area contributed by atoms with Crippen molar-refractivity contribution in [2.45, 2.75) is 11.3 Å². The van der Waals surface area contributed by atoms with E-state index in [4.69, 9.17) is 11.6 Å². The molecule has 1 aliphatic heterocycles. The van der Waals surface area contributed by atoms with Crippen LogP contribution in [-0.4, -0.2) is 42.2 Å². The fourth-order valence-corrected chi connectivity index (χ4v) is 3.56. The predicted octanol–water partition coefficient (Wildman–Crippen LogP) is 1.68. The molecule has 0 bridgehead atoms. The maximum absolute atomic E-state index is 9.26. The van der Waals surface area contributed by atoms with Crippen LogP contribution in [0.15, 0.2) is 24.8 Å². The second kappa shape index (κ2) is 4.53. The normalized spacial score (nSPS) is 24.0. The third-order valence-corrected chi connectivity index (χ3v) is 4.75. The average molecular weight is 283 g/mol. The maximum Gasteiger partial charge on any atom is 0.165 e. The Morgan fingerprint density at radius 3 is 3.06 bits per heavy atom. The Morgan fingerprint density at radius 2 is 2.33 bits per heavy atom. The summed E-state index contributed by atoms with van der Waals surface area (Å²) in [5, 5.41) is 9.70. The maximum atomic E-state index is 9.26. The van der Waals surface area contributed by atoms with E-state index in [1.807, 2.05) is 4.57 Å². The van der Waals surface area contributed by atoms with Gasteiger partial charge in [0, 0.05) is 5.75 Å². The highest BCUT2D eigenvalue weighted by molar-refractivity contribution is 8.00. The van der Waals surface area contributed by atoms with Crippen LogP contribution in [0.25, 0.3) is 11.2 Å². The van der Waals surface area contributed by atoms with E-state index in [-0.39, 0.29) is 17.9 Å². The van der Waals surface area contributed by atoms with E-state index < -0.39 is 0 Å². The van der Waals surface area contributed by atoms with Crippen LogP contribution in [0.5, 0.6) is 0 Å². The van der Waals surface area contributed by atoms with Crippen molar-refractivity contribution in [1.29, 1.82) is 0 Å². The van der Waals surface area contributed by atoms with E-state index in [0.29, 0.717) is 16.3 Å². The number of hydrogen-bond acceptors (Lipinski definition) is 5. The Morgan fingerprint density at radius 1 is 1.50 bits per heavy atom. The van der Waals surface area contributed by atoms with Crippen molar-refractivity contribution in [3.05, 3.63) is 30.0 Å². The quantitative estimate of drug-likeness (QED) is 0.671. The molecule has 94 valence electrons. The fourth-order valence-electron chi connectivity index (χ4n) is 2.12. The summed E-state index contributed by atoms with van der Waals surface area (Å²) in [6.45, 7) is 4.18. The van der Waals surface area contributed by atoms with Crippen molar-refractivity contribution in [2.75, 3.05) is 12.4 Å². The molecule has 1 fully saturated rings. The molecule has 0 spiro atoms. The molecule has 1 aliphatic rings. The number of rotatable bonds is 2. The number of nitrogens with zero attached hydrogens (tertiary/aromatic N) is 4. The van der Waals surface area contributed by atoms with Gasteiger partial charge in [-0.2, -0.15) is 0 Å². The molecule has 2 aromatic heterocycles. The number of aliphatic hydroxyl groups excluding tert-OH is 1. The molecular weight excluding hydrogens is 272 g/mol. The summed E-state index contributed by atoms with van der Waals surface area (Å²) in [6.07, 6.45) is 3.14. The lowest BCUT2D eigenvalue weighted by Gasteiger charge is -2.14. The molecule has 1 N–H and O–H groups in total. The smallest absolute Gasteiger partial charge is 0.165 e. The molecule has 3 heterocycles. The van der Waals surface area contributed by atoms with E-state index in [2.05, 4.69) is 21.5 Å². The van der Waals surface area contributed by atoms with Gasteiger partial charge < -0.3 is 9.67 Å². The van der Waals surface area contributed by atoms with Gasteiger partial charge in [-0.3, -0.25) is 0 Å². The summed E-state index contributed by atoms with van der Waals surface area (Å²) in [5.74, 6) is 0.858. The van der Waals surface area contributed by atoms with Crippen molar-refractivity contribution >= 4 is 34.5 Å². The van der Waals surface area contributed by atoms with Crippen LogP contribution in [0.1, 0.15) is 6.04 Å². The van der Waals surface area contributed by atoms with Gasteiger partial charge >= 0.3 is 0 Å². The minimum atomic E-state index is 0.0877. The summed E-state index contributed by atoms with van der Waals surface area (Å²) in [5.41, 5.74) is 2.31. The van der Waals surface area contributed by atoms with E-state index in [1.165, 1.54) is 6.33 Å². The van der Waals surface area contributed by atoms with Gasteiger partial charge in [0.25, 0.3) is 0 Å². The van der Waals surface area contributed by atoms with Gasteiger partial charge in [-0.25, -0.2) is 15.0 Å². The Bertz CT molecular complexity index is 614. The van der Waals surface area contributed by atoms with Gasteiger partial charge in [0.05, 0.1) is 24.2 Å². The first-order valence-electron chi connectivity index (χ1n) is 5.46. The summed E-state index contributed by atoms with van der Waals surface area (Å²) in [4.78, 5) is 12.4. The summed E-state index contributed by atoms with van der Waals surface area (Å²) in [7, 11) is 0. The van der Waals surface area contributed by atoms with E-state index in [9.17, 15) is 5.11 Å². The fraction of sp³-hybridized carbons (Fsp3) is 0.364. The third kappa shape index (κ3) is 1.72. The van der Waals surface area contributed by atoms with E-state index >= 15 is 0 Å². The monoisotopic (exact) mass is 282 g/mol. The number of imidazole rings is 1. The molecule has 3 rings (SSSR count). The van der Waals surface area contributed by atoms with E-state index in [1.54, 1.807) is 18.1 Å². The molecule has 5 nitrogen and oxygen atoms in total. The van der Waals surface area contributed by atoms with Crippen LogP contribution in [0, 0.1) is 0 Å². The zero-order chi connectivity index (χ0) is 12.7. The molecule has 0 amide bonds. The van der Waals surface area contributed by atoms with Crippen molar-refractivity contribution < 1.29 is 5.11 Å². The number of fused-ring (bicyclic) bond motifs is 1. The number of thioether (sulfide) groups is 1. The van der Waals surface area contributed by atoms with Crippen molar-refractivity contribution in [2.24, 2.45) is 0 Å². The standard InChI is InChI=1S/C11H11ClN4OS/c1-6-7(3-18-8(6)2-17)16-5-15-9-10(12)13-4-14-11(9)16/h4-5,7-8,17H,1-3H2/t7-,8+/m1/s1. The van der Waals surface area contributed by atoms with Crippen LogP contribution in [-0.2, 0) is 0 Å². The van der Waals surface area contributed by atoms with Crippen LogP contribution in [0.3, 0.4) is 0 Å². The molecule has 7 heteroatoms. The minimum Gasteiger partial charge on any atom is -0.395 e. The lowest BCUT2D eigenvalue weighted by Crippen LogP contribution is -2.13. The lowest BCUT2D eigenvalue weighted by atomic mass is 10.1. The molecule has 2 atom stereocenters. The van der Waals surface area contributed by atoms with Crippen LogP contribution < -0.4 is 0 Å². The first-order valence-corrected chi connectivity index (χ1v) is 6.89. The first-order chi connectivity index (χ1) is 8.72. The molecule has 1 saturated heterocycles. The molecule has 0 radical (unpaired) electrons. The zero-order valence-corrected chi connectivity index (χ0v) is 11.0. The second-order valence-electron chi connectivity index (χ2n) is 4.08. The summed E-state index contributed by atoms with van der Waals surface area (Å²) in [6, 6.07) is 0.100. The number of hydrogen-bond donors (Lipinski definition) is 1. The van der Waals surface area contributed by atoms with Gasteiger partial charge in [-0.1, -0.05) is 18.2 Å². The van der Waals surface area contributed by atoms with Gasteiger partial charge in [0.15, 0.2) is 10.8 Å². The van der Waals surface area contributed by atoms with Crippen LogP contribution in [0.4, 0.5) is 0 Å². The summed E-state index contributed by atoms with van der Waals surface area (Å²) >= 11 is 7.67. The Balaban J connectivity index is 2.06. The van der Waals surface area contributed by atoms with Crippen molar-refractivity contribution in [3.8, 4) is 0 Å². The van der Waals surface area contributed by atoms with Crippen molar-refractivity contribution in [1.82, 2.24) is 19.5 Å². The van der Waals surface area contributed by atoms with Crippen molar-refractivity contribution in [3.63, 3.8) is 0 Å². The van der Waals surface area contributed by atoms with Crippen LogP contribution >= 0.6 is 23.4 Å². The van der Waals surface area contributed by atoms with Gasteiger partial charge in [-0.05, 0) is 5.57 Å². The van der Waals surface area contributed by atoms with Crippen LogP contribution in [0.2, 0.25) is 5.15 Å². The Hall–Kier alpha value is -1.11. The Kier molecular flexibility index (Phi) is 3.01. The molecule has 0 unspecified atom stereocenters. The van der Waals surface area contributed by atoms with E-state index in [0.717, 1.165) is 11.3 Å². The number of aromatic nitrogens is 4. The van der Waals surface area contributed by atoms with Gasteiger partial charge in [0.2, 0.25) is 0 Å². The molecule has 0 aliphatic carbocycles. The number of aliphatic hydroxyl groups is 1. The van der Waals surface area contributed by atoms with Gasteiger partial charge in [0.1, 0.15) is 11.8 Å². The molecule has 0 saturated carbocycles. The Labute approximate surface area is 113 Å². The largest absolute Gasteiger partial charge is 0.395 e. The highest BCUT2D eigenvalue weighted by atomic mass is 35.5. The molecule has 0 aromatic carbocycles. The predicted molar refractivity (Wildman–Crippen MR) is 71.8 cm³/mol. The average Bonchev–Trinajstić information content (AvgIpc) is 2.93. The first kappa shape index (κ1) is 12.0. The minimum absolute atomic E-state index is 0.0877. The number of halogens is 1. The second-order valence-corrected chi connectivity index (χ2v) is 5.68. The highest BCUT2D eigenvalue weighted by Crippen LogP contribution is 2.39. The zero-order valence-electron chi connectivity index (χ0n) is 9.45. The lowest BCUT2D eigenvalue weighted by molar-refractivity contribution is 0.302. The van der Waals surface area contributed by atoms with Gasteiger partial charge in [-0.15, -0.1) is 11.8 Å². The topological polar surface area (TPSA) is 63.8 Å². The molecule has 18 heavy (non-hydrogen) atoms. The third-order valence-electron chi connectivity index (χ3n) is 3.11. The summed E-state index contributed by atoms with van der Waals surface area (Å²) < 4.78 is 1.95. The SMILES string of the molecule is C=C1[C@H](CO)SC[C@H]1n1cnc2c(Cl)ncnc21. The molecule has 2 aromatic rings.